The zero-order chi connectivity index (χ0) is 21.8. The van der Waals surface area contributed by atoms with E-state index in [4.69, 9.17) is 10.00 Å². The van der Waals surface area contributed by atoms with E-state index >= 15 is 0 Å². The Hall–Kier alpha value is -3.07. The Morgan fingerprint density at radius 2 is 1.72 bits per heavy atom. The van der Waals surface area contributed by atoms with E-state index in [2.05, 4.69) is 0 Å². The lowest BCUT2D eigenvalue weighted by Gasteiger charge is -2.15. The minimum atomic E-state index is -6.10. The Kier molecular flexibility index (Phi) is 4.62. The number of hydrogen-bond donors (Lipinski definition) is 0. The molecule has 0 N–H and O–H groups in total. The van der Waals surface area contributed by atoms with Gasteiger partial charge in [0.05, 0.1) is 16.0 Å². The maximum atomic E-state index is 13.9. The Morgan fingerprint density at radius 1 is 1.10 bits per heavy atom. The maximum absolute atomic E-state index is 13.9. The smallest absolute Gasteiger partial charge is 0.456 e. The molecule has 0 saturated carbocycles. The van der Waals surface area contributed by atoms with Gasteiger partial charge in [0.15, 0.2) is 0 Å². The Morgan fingerprint density at radius 3 is 2.31 bits per heavy atom. The van der Waals surface area contributed by atoms with E-state index in [1.54, 1.807) is 6.07 Å². The van der Waals surface area contributed by atoms with Crippen molar-refractivity contribution in [2.45, 2.75) is 22.7 Å². The van der Waals surface area contributed by atoms with Crippen molar-refractivity contribution in [3.05, 3.63) is 52.8 Å². The van der Waals surface area contributed by atoms with Crippen molar-refractivity contribution < 1.29 is 44.3 Å². The minimum absolute atomic E-state index is 0.325. The number of halogens is 6. The summed E-state index contributed by atoms with van der Waals surface area (Å²) in [5.41, 5.74) is -8.28. The summed E-state index contributed by atoms with van der Waals surface area (Å²) in [5.74, 6) is -7.95. The standard InChI is InChI=1S/C17H7F6NO4S/c18-9-1-2-11(8(5-9)7-24)28-12-3-4-13(29(26,27)17(21,22)23)14-10(12)6-16(19,20)15(14)25/h1-5H,6H2. The first-order valence-corrected chi connectivity index (χ1v) is 9.05. The van der Waals surface area contributed by atoms with Crippen LogP contribution in [0.15, 0.2) is 35.2 Å². The molecule has 0 saturated heterocycles. The number of nitriles is 1. The van der Waals surface area contributed by atoms with Gasteiger partial charge in [-0.25, -0.2) is 12.8 Å². The van der Waals surface area contributed by atoms with Crippen LogP contribution in [0, 0.1) is 17.1 Å². The first-order chi connectivity index (χ1) is 13.3. The molecular formula is C17H7F6NO4S. The Bertz CT molecular complexity index is 1180. The number of nitrogens with zero attached hydrogens (tertiary/aromatic N) is 1. The molecule has 0 fully saturated rings. The third-order valence-electron chi connectivity index (χ3n) is 4.07. The fraction of sp³-hybridized carbons (Fsp3) is 0.176. The van der Waals surface area contributed by atoms with Crippen molar-refractivity contribution in [1.82, 2.24) is 0 Å². The van der Waals surface area contributed by atoms with Crippen molar-refractivity contribution in [3.63, 3.8) is 0 Å². The third kappa shape index (κ3) is 3.31. The maximum Gasteiger partial charge on any atom is 0.501 e. The summed E-state index contributed by atoms with van der Waals surface area (Å²) in [5, 5.41) is 9.00. The summed E-state index contributed by atoms with van der Waals surface area (Å²) < 4.78 is 108. The number of ketones is 1. The Labute approximate surface area is 159 Å². The van der Waals surface area contributed by atoms with Gasteiger partial charge in [-0.1, -0.05) is 0 Å². The molecule has 152 valence electrons. The van der Waals surface area contributed by atoms with E-state index in [-0.39, 0.29) is 11.3 Å². The van der Waals surface area contributed by atoms with E-state index in [0.29, 0.717) is 12.1 Å². The third-order valence-corrected chi connectivity index (χ3v) is 5.59. The number of hydrogen-bond acceptors (Lipinski definition) is 5. The summed E-state index contributed by atoms with van der Waals surface area (Å²) in [6.07, 6.45) is -1.40. The predicted molar refractivity (Wildman–Crippen MR) is 83.9 cm³/mol. The van der Waals surface area contributed by atoms with Gasteiger partial charge in [-0.05, 0) is 30.3 Å². The van der Waals surface area contributed by atoms with Crippen molar-refractivity contribution in [2.75, 3.05) is 0 Å². The molecule has 0 atom stereocenters. The number of alkyl halides is 5. The topological polar surface area (TPSA) is 84.2 Å². The summed E-state index contributed by atoms with van der Waals surface area (Å²) in [6, 6.07) is 5.17. The molecule has 0 spiro atoms. The lowest BCUT2D eigenvalue weighted by atomic mass is 10.1. The average Bonchev–Trinajstić information content (AvgIpc) is 2.86. The summed E-state index contributed by atoms with van der Waals surface area (Å²) >= 11 is 0. The van der Waals surface area contributed by atoms with Gasteiger partial charge in [0.25, 0.3) is 9.84 Å². The molecule has 5 nitrogen and oxygen atoms in total. The van der Waals surface area contributed by atoms with Gasteiger partial charge in [-0.3, -0.25) is 4.79 Å². The number of carbonyl (C=O) groups excluding carboxylic acids is 1. The predicted octanol–water partition coefficient (Wildman–Crippen LogP) is 4.16. The first kappa shape index (κ1) is 20.7. The van der Waals surface area contributed by atoms with E-state index in [9.17, 15) is 39.6 Å². The first-order valence-electron chi connectivity index (χ1n) is 7.57. The Balaban J connectivity index is 2.22. The van der Waals surface area contributed by atoms with E-state index in [0.717, 1.165) is 18.2 Å². The second-order valence-electron chi connectivity index (χ2n) is 5.93. The number of ether oxygens (including phenoxy) is 1. The van der Waals surface area contributed by atoms with Gasteiger partial charge in [0.1, 0.15) is 23.4 Å². The molecule has 1 aliphatic rings. The summed E-state index contributed by atoms with van der Waals surface area (Å²) in [6.45, 7) is 0. The van der Waals surface area contributed by atoms with Crippen LogP contribution in [0.2, 0.25) is 0 Å². The summed E-state index contributed by atoms with van der Waals surface area (Å²) in [4.78, 5) is 10.3. The lowest BCUT2D eigenvalue weighted by molar-refractivity contribution is -0.0436. The molecule has 0 aromatic heterocycles. The monoisotopic (exact) mass is 435 g/mol. The molecule has 0 heterocycles. The lowest BCUT2D eigenvalue weighted by Crippen LogP contribution is -2.28. The van der Waals surface area contributed by atoms with Crippen LogP contribution in [0.3, 0.4) is 0 Å². The molecule has 3 rings (SSSR count). The van der Waals surface area contributed by atoms with Crippen LogP contribution in [0.25, 0.3) is 0 Å². The number of fused-ring (bicyclic) bond motifs is 1. The summed E-state index contributed by atoms with van der Waals surface area (Å²) in [7, 11) is -6.10. The number of benzene rings is 2. The quantitative estimate of drug-likeness (QED) is 0.677. The van der Waals surface area contributed by atoms with E-state index < -0.39 is 61.1 Å². The fourth-order valence-corrected chi connectivity index (χ4v) is 3.74. The van der Waals surface area contributed by atoms with Crippen LogP contribution in [0.4, 0.5) is 26.3 Å². The molecular weight excluding hydrogens is 428 g/mol. The van der Waals surface area contributed by atoms with Crippen molar-refractivity contribution in [2.24, 2.45) is 0 Å². The minimum Gasteiger partial charge on any atom is -0.456 e. The van der Waals surface area contributed by atoms with Crippen LogP contribution in [0.1, 0.15) is 21.5 Å². The van der Waals surface area contributed by atoms with Gasteiger partial charge in [0, 0.05) is 12.0 Å². The van der Waals surface area contributed by atoms with E-state index in [1.807, 2.05) is 0 Å². The highest BCUT2D eigenvalue weighted by molar-refractivity contribution is 7.92. The molecule has 0 aliphatic heterocycles. The van der Waals surface area contributed by atoms with Crippen molar-refractivity contribution in [3.8, 4) is 17.6 Å². The number of rotatable bonds is 3. The van der Waals surface area contributed by atoms with Crippen LogP contribution in [-0.2, 0) is 16.3 Å². The normalized spacial score (nSPS) is 15.7. The van der Waals surface area contributed by atoms with Crippen molar-refractivity contribution in [1.29, 1.82) is 5.26 Å². The molecule has 12 heteroatoms. The fourth-order valence-electron chi connectivity index (χ4n) is 2.76. The van der Waals surface area contributed by atoms with Crippen molar-refractivity contribution >= 4 is 15.6 Å². The molecule has 2 aromatic carbocycles. The average molecular weight is 435 g/mol. The van der Waals surface area contributed by atoms with E-state index in [1.165, 1.54) is 0 Å². The van der Waals surface area contributed by atoms with Gasteiger partial charge in [-0.2, -0.15) is 27.2 Å². The van der Waals surface area contributed by atoms with Gasteiger partial charge in [0.2, 0.25) is 5.78 Å². The van der Waals surface area contributed by atoms with Crippen LogP contribution >= 0.6 is 0 Å². The molecule has 0 amide bonds. The number of sulfone groups is 1. The molecule has 0 unspecified atom stereocenters. The zero-order valence-electron chi connectivity index (χ0n) is 13.9. The molecule has 0 radical (unpaired) electrons. The van der Waals surface area contributed by atoms with Crippen LogP contribution in [-0.4, -0.2) is 25.6 Å². The number of Topliss-reactive ketones (excluding diaryl/α,β-unsaturated/α-hetero) is 1. The highest BCUT2D eigenvalue weighted by atomic mass is 32.2. The second kappa shape index (κ2) is 6.48. The zero-order valence-corrected chi connectivity index (χ0v) is 14.7. The number of carbonyl (C=O) groups is 1. The molecule has 2 aromatic rings. The van der Waals surface area contributed by atoms with Crippen LogP contribution in [0.5, 0.6) is 11.5 Å². The van der Waals surface area contributed by atoms with Gasteiger partial charge >= 0.3 is 11.4 Å². The van der Waals surface area contributed by atoms with Gasteiger partial charge < -0.3 is 4.74 Å². The van der Waals surface area contributed by atoms with Crippen LogP contribution < -0.4 is 4.74 Å². The largest absolute Gasteiger partial charge is 0.501 e. The molecule has 0 bridgehead atoms. The second-order valence-corrected chi connectivity index (χ2v) is 7.84. The highest BCUT2D eigenvalue weighted by Gasteiger charge is 2.55. The highest BCUT2D eigenvalue weighted by Crippen LogP contribution is 2.45. The molecule has 1 aliphatic carbocycles. The van der Waals surface area contributed by atoms with Gasteiger partial charge in [-0.15, -0.1) is 0 Å². The molecule has 29 heavy (non-hydrogen) atoms. The SMILES string of the molecule is N#Cc1cc(F)ccc1Oc1ccc(S(=O)(=O)C(F)(F)F)c2c1CC(F)(F)C2=O.